The summed E-state index contributed by atoms with van der Waals surface area (Å²) in [6.07, 6.45) is 3.48. The number of alkyl halides is 2. The summed E-state index contributed by atoms with van der Waals surface area (Å²) < 4.78 is 47.9. The second kappa shape index (κ2) is 8.79. The molecule has 28 heavy (non-hydrogen) atoms. The van der Waals surface area contributed by atoms with Gasteiger partial charge in [0, 0.05) is 17.8 Å². The quantitative estimate of drug-likeness (QED) is 0.761. The van der Waals surface area contributed by atoms with Gasteiger partial charge >= 0.3 is 5.76 Å². The summed E-state index contributed by atoms with van der Waals surface area (Å²) >= 11 is 0. The number of carbonyl (C=O) groups excluding carboxylic acids is 1. The molecule has 0 unspecified atom stereocenters. The summed E-state index contributed by atoms with van der Waals surface area (Å²) in [6.45, 7) is 3.34. The van der Waals surface area contributed by atoms with Crippen molar-refractivity contribution in [2.24, 2.45) is 0 Å². The molecule has 1 fully saturated rings. The molecule has 1 aliphatic rings. The molecule has 5 nitrogen and oxygen atoms in total. The molecule has 0 aliphatic carbocycles. The number of benzene rings is 2. The van der Waals surface area contributed by atoms with E-state index in [0.717, 1.165) is 38.2 Å². The summed E-state index contributed by atoms with van der Waals surface area (Å²) in [6, 6.07) is 12.0. The largest absolute Gasteiger partial charge is 0.341 e. The Bertz CT molecular complexity index is 907. The van der Waals surface area contributed by atoms with Crippen molar-refractivity contribution in [3.05, 3.63) is 59.7 Å². The standard InChI is InChI=1S/C20H22F2N2O3S/c21-20(22)28(26,27)18-9-5-16(6-10-18)19(25)23-17-7-3-15(4-8-17)11-14-24-12-1-2-13-24/h3-10,20H,1-2,11-14H2,(H,23,25). The molecular weight excluding hydrogens is 386 g/mol. The maximum atomic E-state index is 12.6. The highest BCUT2D eigenvalue weighted by Crippen LogP contribution is 2.19. The monoisotopic (exact) mass is 408 g/mol. The van der Waals surface area contributed by atoms with Crippen LogP contribution in [0.1, 0.15) is 28.8 Å². The average molecular weight is 408 g/mol. The van der Waals surface area contributed by atoms with Gasteiger partial charge in [-0.25, -0.2) is 8.42 Å². The van der Waals surface area contributed by atoms with Crippen LogP contribution in [0.15, 0.2) is 53.4 Å². The fourth-order valence-electron chi connectivity index (χ4n) is 3.15. The molecule has 0 radical (unpaired) electrons. The number of likely N-dealkylation sites (tertiary alicyclic amines) is 1. The van der Waals surface area contributed by atoms with E-state index in [1.807, 2.05) is 24.3 Å². The van der Waals surface area contributed by atoms with Crippen LogP contribution in [0.25, 0.3) is 0 Å². The van der Waals surface area contributed by atoms with Gasteiger partial charge in [0.25, 0.3) is 5.91 Å². The van der Waals surface area contributed by atoms with Crippen LogP contribution in [0.4, 0.5) is 14.5 Å². The summed E-state index contributed by atoms with van der Waals surface area (Å²) in [5.41, 5.74) is 1.98. The Morgan fingerprint density at radius 1 is 1.00 bits per heavy atom. The van der Waals surface area contributed by atoms with Crippen LogP contribution < -0.4 is 5.32 Å². The number of nitrogens with zero attached hydrogens (tertiary/aromatic N) is 1. The van der Waals surface area contributed by atoms with E-state index in [1.54, 1.807) is 0 Å². The van der Waals surface area contributed by atoms with E-state index in [-0.39, 0.29) is 5.56 Å². The van der Waals surface area contributed by atoms with E-state index in [4.69, 9.17) is 0 Å². The molecule has 3 rings (SSSR count). The minimum absolute atomic E-state index is 0.186. The van der Waals surface area contributed by atoms with Crippen LogP contribution in [0, 0.1) is 0 Å². The van der Waals surface area contributed by atoms with Crippen molar-refractivity contribution >= 4 is 21.4 Å². The highest BCUT2D eigenvalue weighted by molar-refractivity contribution is 7.91. The third-order valence-electron chi connectivity index (χ3n) is 4.81. The van der Waals surface area contributed by atoms with E-state index < -0.39 is 26.4 Å². The third kappa shape index (κ3) is 4.94. The molecular formula is C20H22F2N2O3S. The second-order valence-corrected chi connectivity index (χ2v) is 8.70. The maximum Gasteiger partial charge on any atom is 0.341 e. The summed E-state index contributed by atoms with van der Waals surface area (Å²) in [5.74, 6) is -3.93. The highest BCUT2D eigenvalue weighted by Gasteiger charge is 2.26. The predicted molar refractivity (Wildman–Crippen MR) is 103 cm³/mol. The van der Waals surface area contributed by atoms with E-state index in [2.05, 4.69) is 10.2 Å². The van der Waals surface area contributed by atoms with Crippen molar-refractivity contribution in [2.45, 2.75) is 29.9 Å². The molecule has 1 saturated heterocycles. The molecule has 0 bridgehead atoms. The highest BCUT2D eigenvalue weighted by atomic mass is 32.2. The van der Waals surface area contributed by atoms with Crippen LogP contribution in [0.2, 0.25) is 0 Å². The number of halogens is 2. The van der Waals surface area contributed by atoms with Gasteiger partial charge in [-0.1, -0.05) is 12.1 Å². The average Bonchev–Trinajstić information content (AvgIpc) is 3.21. The summed E-state index contributed by atoms with van der Waals surface area (Å²) in [4.78, 5) is 14.2. The van der Waals surface area contributed by atoms with Crippen LogP contribution in [-0.2, 0) is 16.3 Å². The smallest absolute Gasteiger partial charge is 0.322 e. The molecule has 1 aliphatic heterocycles. The Kier molecular flexibility index (Phi) is 6.41. The molecule has 2 aromatic carbocycles. The van der Waals surface area contributed by atoms with E-state index in [9.17, 15) is 22.0 Å². The first-order chi connectivity index (χ1) is 13.4. The molecule has 1 N–H and O–H groups in total. The fourth-order valence-corrected chi connectivity index (χ4v) is 3.87. The van der Waals surface area contributed by atoms with Gasteiger partial charge in [-0.05, 0) is 74.3 Å². The lowest BCUT2D eigenvalue weighted by atomic mass is 10.1. The first-order valence-corrected chi connectivity index (χ1v) is 10.7. The molecule has 150 valence electrons. The first kappa shape index (κ1) is 20.4. The molecule has 2 aromatic rings. The third-order valence-corrected chi connectivity index (χ3v) is 6.21. The molecule has 0 spiro atoms. The number of nitrogens with one attached hydrogen (secondary N) is 1. The van der Waals surface area contributed by atoms with Gasteiger partial charge in [0.1, 0.15) is 0 Å². The lowest BCUT2D eigenvalue weighted by Crippen LogP contribution is -2.21. The topological polar surface area (TPSA) is 66.5 Å². The summed E-state index contributed by atoms with van der Waals surface area (Å²) in [7, 11) is -4.66. The van der Waals surface area contributed by atoms with Gasteiger partial charge in [0.2, 0.25) is 9.84 Å². The van der Waals surface area contributed by atoms with Gasteiger partial charge in [-0.2, -0.15) is 8.78 Å². The molecule has 1 heterocycles. The Balaban J connectivity index is 1.58. The van der Waals surface area contributed by atoms with Gasteiger partial charge < -0.3 is 10.2 Å². The van der Waals surface area contributed by atoms with Crippen molar-refractivity contribution in [2.75, 3.05) is 25.0 Å². The Hall–Kier alpha value is -2.32. The molecule has 1 amide bonds. The number of amides is 1. The van der Waals surface area contributed by atoms with Crippen molar-refractivity contribution in [3.8, 4) is 0 Å². The van der Waals surface area contributed by atoms with Crippen LogP contribution >= 0.6 is 0 Å². The minimum atomic E-state index is -4.66. The molecule has 0 saturated carbocycles. The number of anilines is 1. The number of hydrogen-bond donors (Lipinski definition) is 1. The second-order valence-electron chi connectivity index (χ2n) is 6.78. The van der Waals surface area contributed by atoms with Crippen molar-refractivity contribution in [1.82, 2.24) is 4.90 Å². The maximum absolute atomic E-state index is 12.6. The Morgan fingerprint density at radius 3 is 2.18 bits per heavy atom. The SMILES string of the molecule is O=C(Nc1ccc(CCN2CCCC2)cc1)c1ccc(S(=O)(=O)C(F)F)cc1. The normalized spacial score (nSPS) is 15.1. The fraction of sp³-hybridized carbons (Fsp3) is 0.350. The van der Waals surface area contributed by atoms with Gasteiger partial charge in [-0.3, -0.25) is 4.79 Å². The number of hydrogen-bond acceptors (Lipinski definition) is 4. The predicted octanol–water partition coefficient (Wildman–Crippen LogP) is 3.57. The zero-order valence-electron chi connectivity index (χ0n) is 15.3. The summed E-state index contributed by atoms with van der Waals surface area (Å²) in [5, 5.41) is 2.72. The lowest BCUT2D eigenvalue weighted by molar-refractivity contribution is 0.102. The Morgan fingerprint density at radius 2 is 1.61 bits per heavy atom. The van der Waals surface area contributed by atoms with Gasteiger partial charge in [0.15, 0.2) is 0 Å². The van der Waals surface area contributed by atoms with Crippen LogP contribution in [0.5, 0.6) is 0 Å². The number of rotatable bonds is 7. The van der Waals surface area contributed by atoms with Crippen LogP contribution in [0.3, 0.4) is 0 Å². The zero-order valence-corrected chi connectivity index (χ0v) is 16.1. The lowest BCUT2D eigenvalue weighted by Gasteiger charge is -2.14. The first-order valence-electron chi connectivity index (χ1n) is 9.11. The van der Waals surface area contributed by atoms with Crippen molar-refractivity contribution in [3.63, 3.8) is 0 Å². The molecule has 0 aromatic heterocycles. The minimum Gasteiger partial charge on any atom is -0.322 e. The van der Waals surface area contributed by atoms with E-state index in [0.29, 0.717) is 5.69 Å². The van der Waals surface area contributed by atoms with Crippen LogP contribution in [-0.4, -0.2) is 44.6 Å². The van der Waals surface area contributed by atoms with Crippen molar-refractivity contribution < 1.29 is 22.0 Å². The van der Waals surface area contributed by atoms with Gasteiger partial charge in [0.05, 0.1) is 4.90 Å². The van der Waals surface area contributed by atoms with Gasteiger partial charge in [-0.15, -0.1) is 0 Å². The Labute approximate surface area is 163 Å². The van der Waals surface area contributed by atoms with E-state index in [1.165, 1.54) is 30.5 Å². The zero-order chi connectivity index (χ0) is 20.1. The number of sulfone groups is 1. The van der Waals surface area contributed by atoms with Crippen molar-refractivity contribution in [1.29, 1.82) is 0 Å². The molecule has 8 heteroatoms. The number of carbonyl (C=O) groups is 1. The molecule has 0 atom stereocenters. The van der Waals surface area contributed by atoms with E-state index >= 15 is 0 Å².